The van der Waals surface area contributed by atoms with Gasteiger partial charge in [-0.1, -0.05) is 40.2 Å². The highest BCUT2D eigenvalue weighted by Gasteiger charge is 2.11. The highest BCUT2D eigenvalue weighted by molar-refractivity contribution is 9.10. The van der Waals surface area contributed by atoms with Gasteiger partial charge in [0.1, 0.15) is 11.6 Å². The fourth-order valence-corrected chi connectivity index (χ4v) is 2.78. The summed E-state index contributed by atoms with van der Waals surface area (Å²) >= 11 is 3.45. The number of benzene rings is 2. The number of aromatic nitrogens is 1. The van der Waals surface area contributed by atoms with Crippen LogP contribution in [-0.4, -0.2) is 10.5 Å². The molecule has 0 saturated carbocycles. The summed E-state index contributed by atoms with van der Waals surface area (Å²) in [4.78, 5) is 12.4. The summed E-state index contributed by atoms with van der Waals surface area (Å²) in [6.45, 7) is 0. The molecular weight excluding hydrogens is 378 g/mol. The van der Waals surface area contributed by atoms with Gasteiger partial charge in [0.15, 0.2) is 0 Å². The Labute approximate surface area is 154 Å². The van der Waals surface area contributed by atoms with Gasteiger partial charge >= 0.3 is 0 Å². The third kappa shape index (κ3) is 4.06. The number of para-hydroxylation sites is 1. The molecule has 0 aliphatic heterocycles. The summed E-state index contributed by atoms with van der Waals surface area (Å²) in [5.74, 6) is -0.435. The Hall–Kier alpha value is -3.10. The molecule has 3 rings (SSSR count). The largest absolute Gasteiger partial charge is 0.321 e. The molecule has 0 aliphatic carbocycles. The third-order valence-electron chi connectivity index (χ3n) is 3.56. The van der Waals surface area contributed by atoms with Crippen LogP contribution in [0.5, 0.6) is 0 Å². The number of amides is 1. The summed E-state index contributed by atoms with van der Waals surface area (Å²) in [7, 11) is 0. The molecule has 0 saturated heterocycles. The summed E-state index contributed by atoms with van der Waals surface area (Å²) < 4.78 is 2.87. The lowest BCUT2D eigenvalue weighted by atomic mass is 10.2. The number of anilines is 1. The lowest BCUT2D eigenvalue weighted by Crippen LogP contribution is -2.13. The zero-order valence-electron chi connectivity index (χ0n) is 13.2. The summed E-state index contributed by atoms with van der Waals surface area (Å²) in [6.07, 6.45) is 3.47. The second-order valence-corrected chi connectivity index (χ2v) is 6.19. The van der Waals surface area contributed by atoms with Crippen LogP contribution >= 0.6 is 15.9 Å². The molecule has 1 aromatic heterocycles. The Morgan fingerprint density at radius 1 is 1.08 bits per heavy atom. The van der Waals surface area contributed by atoms with Gasteiger partial charge in [-0.25, -0.2) is 0 Å². The van der Waals surface area contributed by atoms with Crippen molar-refractivity contribution < 1.29 is 4.79 Å². The van der Waals surface area contributed by atoms with Crippen molar-refractivity contribution in [1.82, 2.24) is 4.57 Å². The van der Waals surface area contributed by atoms with Crippen molar-refractivity contribution in [3.8, 4) is 11.8 Å². The normalized spacial score (nSPS) is 11.0. The molecule has 4 nitrogen and oxygen atoms in total. The standard InChI is InChI=1S/C20H14BrN3O/c21-16-6-4-9-19(13-16)24-11-5-10-18(24)12-15(14-22)20(25)23-17-7-2-1-3-8-17/h1-13H,(H,23,25)/b15-12-. The predicted octanol–water partition coefficient (Wildman–Crippen LogP) is 4.79. The number of hydrogen-bond acceptors (Lipinski definition) is 2. The van der Waals surface area contributed by atoms with Crippen LogP contribution in [0.15, 0.2) is 83.0 Å². The van der Waals surface area contributed by atoms with Crippen molar-refractivity contribution >= 4 is 33.6 Å². The number of carbonyl (C=O) groups is 1. The monoisotopic (exact) mass is 391 g/mol. The van der Waals surface area contributed by atoms with E-state index in [-0.39, 0.29) is 5.57 Å². The molecule has 0 bridgehead atoms. The van der Waals surface area contributed by atoms with Crippen molar-refractivity contribution in [2.24, 2.45) is 0 Å². The van der Waals surface area contributed by atoms with Crippen LogP contribution in [0.1, 0.15) is 5.69 Å². The number of hydrogen-bond donors (Lipinski definition) is 1. The number of nitrogens with one attached hydrogen (secondary N) is 1. The molecule has 1 heterocycles. The van der Waals surface area contributed by atoms with Crippen LogP contribution in [0.2, 0.25) is 0 Å². The lowest BCUT2D eigenvalue weighted by Gasteiger charge is -2.08. The maximum absolute atomic E-state index is 12.4. The summed E-state index contributed by atoms with van der Waals surface area (Å²) in [6, 6.07) is 22.6. The quantitative estimate of drug-likeness (QED) is 0.513. The van der Waals surface area contributed by atoms with E-state index in [2.05, 4.69) is 21.2 Å². The molecule has 0 fully saturated rings. The fraction of sp³-hybridized carbons (Fsp3) is 0. The number of rotatable bonds is 4. The number of halogens is 1. The average Bonchev–Trinajstić information content (AvgIpc) is 3.08. The van der Waals surface area contributed by atoms with E-state index in [0.29, 0.717) is 5.69 Å². The highest BCUT2D eigenvalue weighted by Crippen LogP contribution is 2.19. The molecule has 25 heavy (non-hydrogen) atoms. The van der Waals surface area contributed by atoms with Crippen molar-refractivity contribution in [3.05, 3.63) is 88.7 Å². The fourth-order valence-electron chi connectivity index (χ4n) is 2.39. The van der Waals surface area contributed by atoms with Crippen LogP contribution in [0, 0.1) is 11.3 Å². The molecule has 1 N–H and O–H groups in total. The van der Waals surface area contributed by atoms with Crippen LogP contribution in [0.4, 0.5) is 5.69 Å². The molecule has 122 valence electrons. The van der Waals surface area contributed by atoms with Crippen molar-refractivity contribution in [1.29, 1.82) is 5.26 Å². The molecule has 1 amide bonds. The summed E-state index contributed by atoms with van der Waals surface area (Å²) in [5, 5.41) is 12.1. The van der Waals surface area contributed by atoms with Gasteiger partial charge in [0, 0.05) is 27.7 Å². The van der Waals surface area contributed by atoms with Gasteiger partial charge in [-0.05, 0) is 48.5 Å². The van der Waals surface area contributed by atoms with Crippen molar-refractivity contribution in [2.45, 2.75) is 0 Å². The second-order valence-electron chi connectivity index (χ2n) is 5.27. The first-order valence-corrected chi connectivity index (χ1v) is 8.38. The first-order chi connectivity index (χ1) is 12.2. The van der Waals surface area contributed by atoms with Gasteiger partial charge in [0.2, 0.25) is 0 Å². The van der Waals surface area contributed by atoms with E-state index < -0.39 is 5.91 Å². The highest BCUT2D eigenvalue weighted by atomic mass is 79.9. The molecule has 2 aromatic carbocycles. The molecular formula is C20H14BrN3O. The average molecular weight is 392 g/mol. The topological polar surface area (TPSA) is 57.8 Å². The maximum atomic E-state index is 12.4. The Kier molecular flexibility index (Phi) is 5.12. The van der Waals surface area contributed by atoms with Gasteiger partial charge < -0.3 is 9.88 Å². The minimum absolute atomic E-state index is 0.0406. The van der Waals surface area contributed by atoms with Crippen LogP contribution in [0.3, 0.4) is 0 Å². The van der Waals surface area contributed by atoms with E-state index in [0.717, 1.165) is 15.9 Å². The van der Waals surface area contributed by atoms with Gasteiger partial charge in [-0.2, -0.15) is 5.26 Å². The van der Waals surface area contributed by atoms with Gasteiger partial charge in [-0.3, -0.25) is 4.79 Å². The Balaban J connectivity index is 1.90. The minimum atomic E-state index is -0.435. The van der Waals surface area contributed by atoms with E-state index >= 15 is 0 Å². The van der Waals surface area contributed by atoms with E-state index in [1.54, 1.807) is 18.2 Å². The molecule has 5 heteroatoms. The molecule has 3 aromatic rings. The van der Waals surface area contributed by atoms with E-state index in [1.165, 1.54) is 0 Å². The Morgan fingerprint density at radius 2 is 1.88 bits per heavy atom. The molecule has 0 atom stereocenters. The lowest BCUT2D eigenvalue weighted by molar-refractivity contribution is -0.112. The SMILES string of the molecule is N#C/C(=C/c1cccn1-c1cccc(Br)c1)C(=O)Nc1ccccc1. The van der Waals surface area contributed by atoms with E-state index in [4.69, 9.17) is 0 Å². The second kappa shape index (κ2) is 7.65. The van der Waals surface area contributed by atoms with Crippen LogP contribution < -0.4 is 5.32 Å². The molecule has 0 spiro atoms. The smallest absolute Gasteiger partial charge is 0.266 e. The number of nitriles is 1. The zero-order chi connectivity index (χ0) is 17.6. The van der Waals surface area contributed by atoms with Crippen LogP contribution in [0.25, 0.3) is 11.8 Å². The van der Waals surface area contributed by atoms with Crippen LogP contribution in [-0.2, 0) is 4.79 Å². The minimum Gasteiger partial charge on any atom is -0.321 e. The molecule has 0 unspecified atom stereocenters. The van der Waals surface area contributed by atoms with Crippen molar-refractivity contribution in [3.63, 3.8) is 0 Å². The number of carbonyl (C=O) groups excluding carboxylic acids is 1. The van der Waals surface area contributed by atoms with E-state index in [1.807, 2.05) is 71.4 Å². The van der Waals surface area contributed by atoms with Gasteiger partial charge in [0.05, 0.1) is 0 Å². The maximum Gasteiger partial charge on any atom is 0.266 e. The Morgan fingerprint density at radius 3 is 2.60 bits per heavy atom. The Bertz CT molecular complexity index is 968. The number of nitrogens with zero attached hydrogens (tertiary/aromatic N) is 2. The zero-order valence-corrected chi connectivity index (χ0v) is 14.8. The van der Waals surface area contributed by atoms with E-state index in [9.17, 15) is 10.1 Å². The van der Waals surface area contributed by atoms with Gasteiger partial charge in [0.25, 0.3) is 5.91 Å². The first-order valence-electron chi connectivity index (χ1n) is 7.59. The predicted molar refractivity (Wildman–Crippen MR) is 102 cm³/mol. The summed E-state index contributed by atoms with van der Waals surface area (Å²) in [5.41, 5.74) is 2.37. The molecule has 0 aliphatic rings. The first kappa shape index (κ1) is 16.7. The van der Waals surface area contributed by atoms with Crippen molar-refractivity contribution in [2.75, 3.05) is 5.32 Å². The molecule has 0 radical (unpaired) electrons. The van der Waals surface area contributed by atoms with Gasteiger partial charge in [-0.15, -0.1) is 0 Å². The third-order valence-corrected chi connectivity index (χ3v) is 4.05.